The van der Waals surface area contributed by atoms with E-state index in [-0.39, 0.29) is 18.7 Å². The largest absolute Gasteiger partial charge is 0.467 e. The van der Waals surface area contributed by atoms with Crippen LogP contribution in [0.4, 0.5) is 20.7 Å². The lowest BCUT2D eigenvalue weighted by Gasteiger charge is -2.33. The molecule has 1 fully saturated rings. The molecule has 0 saturated carbocycles. The van der Waals surface area contributed by atoms with Crippen LogP contribution in [0.5, 0.6) is 5.75 Å². The number of carbonyl (C=O) groups excluding carboxylic acids is 1. The predicted octanol–water partition coefficient (Wildman–Crippen LogP) is 6.28. The highest BCUT2D eigenvalue weighted by molar-refractivity contribution is 9.10. The smallest absolute Gasteiger partial charge is 0.410 e. The standard InChI is InChI=1S/C26H30BrFN4O4/c1-26(2,3)36-25(33)32-10-8-17(9-11-32)14-34-16-35-19-5-6-20-23(13-19)29-15-30-24(20)31-22-7-4-18(27)12-21(22)28/h4-7,12-13,15,17H,8-11,14,16H2,1-3H3,(H,29,30,31). The summed E-state index contributed by atoms with van der Waals surface area (Å²) in [6, 6.07) is 10.2. The van der Waals surface area contributed by atoms with Crippen molar-refractivity contribution in [3.8, 4) is 5.75 Å². The van der Waals surface area contributed by atoms with Crippen LogP contribution in [0.1, 0.15) is 33.6 Å². The van der Waals surface area contributed by atoms with E-state index in [0.29, 0.717) is 52.9 Å². The van der Waals surface area contributed by atoms with Gasteiger partial charge in [0.25, 0.3) is 0 Å². The average Bonchev–Trinajstić information content (AvgIpc) is 2.83. The Bertz CT molecular complexity index is 1210. The molecule has 1 saturated heterocycles. The van der Waals surface area contributed by atoms with Gasteiger partial charge in [-0.3, -0.25) is 0 Å². The van der Waals surface area contributed by atoms with Gasteiger partial charge in [0.2, 0.25) is 0 Å². The van der Waals surface area contributed by atoms with Crippen molar-refractivity contribution in [2.24, 2.45) is 5.92 Å². The van der Waals surface area contributed by atoms with E-state index in [4.69, 9.17) is 14.2 Å². The first-order chi connectivity index (χ1) is 17.2. The molecule has 3 aromatic rings. The zero-order valence-electron chi connectivity index (χ0n) is 20.6. The molecule has 1 N–H and O–H groups in total. The van der Waals surface area contributed by atoms with E-state index in [1.807, 2.05) is 26.8 Å². The van der Waals surface area contributed by atoms with Gasteiger partial charge in [0.1, 0.15) is 29.3 Å². The lowest BCUT2D eigenvalue weighted by atomic mass is 9.98. The van der Waals surface area contributed by atoms with Gasteiger partial charge in [0.15, 0.2) is 6.79 Å². The summed E-state index contributed by atoms with van der Waals surface area (Å²) in [7, 11) is 0. The van der Waals surface area contributed by atoms with Gasteiger partial charge in [-0.15, -0.1) is 0 Å². The molecule has 0 radical (unpaired) electrons. The summed E-state index contributed by atoms with van der Waals surface area (Å²) < 4.78 is 31.8. The molecule has 0 aliphatic carbocycles. The molecule has 1 amide bonds. The second kappa shape index (κ2) is 11.4. The van der Waals surface area contributed by atoms with Gasteiger partial charge < -0.3 is 24.4 Å². The van der Waals surface area contributed by atoms with Gasteiger partial charge in [0.05, 0.1) is 17.8 Å². The predicted molar refractivity (Wildman–Crippen MR) is 139 cm³/mol. The number of nitrogens with zero attached hydrogens (tertiary/aromatic N) is 3. The summed E-state index contributed by atoms with van der Waals surface area (Å²) in [6.07, 6.45) is 2.89. The molecule has 0 bridgehead atoms. The van der Waals surface area contributed by atoms with Crippen LogP contribution >= 0.6 is 15.9 Å². The molecule has 1 aliphatic rings. The lowest BCUT2D eigenvalue weighted by Crippen LogP contribution is -2.42. The van der Waals surface area contributed by atoms with Gasteiger partial charge in [-0.05, 0) is 69.9 Å². The van der Waals surface area contributed by atoms with Gasteiger partial charge >= 0.3 is 6.09 Å². The molecule has 8 nitrogen and oxygen atoms in total. The van der Waals surface area contributed by atoms with Gasteiger partial charge in [0, 0.05) is 29.0 Å². The Labute approximate surface area is 218 Å². The molecule has 1 aliphatic heterocycles. The zero-order valence-corrected chi connectivity index (χ0v) is 22.2. The maximum Gasteiger partial charge on any atom is 0.410 e. The van der Waals surface area contributed by atoms with E-state index >= 15 is 0 Å². The van der Waals surface area contributed by atoms with Crippen LogP contribution in [0.3, 0.4) is 0 Å². The fourth-order valence-electron chi connectivity index (χ4n) is 3.88. The number of benzene rings is 2. The number of anilines is 2. The molecule has 1 aromatic heterocycles. The van der Waals surface area contributed by atoms with Crippen LogP contribution in [0.15, 0.2) is 47.2 Å². The van der Waals surface area contributed by atoms with E-state index < -0.39 is 5.60 Å². The molecule has 10 heteroatoms. The first-order valence-electron chi connectivity index (χ1n) is 11.8. The Hall–Kier alpha value is -2.98. The van der Waals surface area contributed by atoms with Crippen molar-refractivity contribution in [2.45, 2.75) is 39.2 Å². The number of carbonyl (C=O) groups is 1. The Morgan fingerprint density at radius 2 is 1.94 bits per heavy atom. The highest BCUT2D eigenvalue weighted by atomic mass is 79.9. The highest BCUT2D eigenvalue weighted by Gasteiger charge is 2.26. The molecular formula is C26H30BrFN4O4. The van der Waals surface area contributed by atoms with Crippen molar-refractivity contribution in [2.75, 3.05) is 31.8 Å². The number of amides is 1. The topological polar surface area (TPSA) is 85.8 Å². The third-order valence-corrected chi connectivity index (χ3v) is 6.21. The number of hydrogen-bond donors (Lipinski definition) is 1. The number of hydrogen-bond acceptors (Lipinski definition) is 7. The second-order valence-corrected chi connectivity index (χ2v) is 10.6. The molecule has 2 aromatic carbocycles. The van der Waals surface area contributed by atoms with E-state index in [0.717, 1.165) is 18.2 Å². The first-order valence-corrected chi connectivity index (χ1v) is 12.6. The van der Waals surface area contributed by atoms with Crippen molar-refractivity contribution in [1.29, 1.82) is 0 Å². The Balaban J connectivity index is 1.25. The summed E-state index contributed by atoms with van der Waals surface area (Å²) >= 11 is 3.26. The Morgan fingerprint density at radius 3 is 2.67 bits per heavy atom. The van der Waals surface area contributed by atoms with E-state index in [1.54, 1.807) is 29.2 Å². The number of nitrogens with one attached hydrogen (secondary N) is 1. The van der Waals surface area contributed by atoms with Crippen molar-refractivity contribution >= 4 is 44.4 Å². The summed E-state index contributed by atoms with van der Waals surface area (Å²) in [5.41, 5.74) is 0.500. The third-order valence-electron chi connectivity index (χ3n) is 5.72. The van der Waals surface area contributed by atoms with E-state index in [1.165, 1.54) is 12.4 Å². The van der Waals surface area contributed by atoms with Crippen LogP contribution in [0, 0.1) is 11.7 Å². The molecule has 0 atom stereocenters. The number of aromatic nitrogens is 2. The van der Waals surface area contributed by atoms with Gasteiger partial charge in [-0.2, -0.15) is 0 Å². The molecule has 192 valence electrons. The molecule has 0 unspecified atom stereocenters. The van der Waals surface area contributed by atoms with Crippen molar-refractivity contribution in [3.05, 3.63) is 53.0 Å². The molecule has 4 rings (SSSR count). The number of likely N-dealkylation sites (tertiary alicyclic amines) is 1. The maximum absolute atomic E-state index is 14.2. The highest BCUT2D eigenvalue weighted by Crippen LogP contribution is 2.28. The number of ether oxygens (including phenoxy) is 3. The normalized spacial score (nSPS) is 14.6. The lowest BCUT2D eigenvalue weighted by molar-refractivity contribution is -0.0181. The molecule has 36 heavy (non-hydrogen) atoms. The number of rotatable bonds is 7. The Kier molecular flexibility index (Phi) is 8.25. The minimum Gasteiger partial charge on any atom is -0.467 e. The van der Waals surface area contributed by atoms with Crippen LogP contribution in [-0.4, -0.2) is 53.1 Å². The number of halogens is 2. The first kappa shape index (κ1) is 26.1. The molecule has 2 heterocycles. The van der Waals surface area contributed by atoms with Crippen LogP contribution < -0.4 is 10.1 Å². The van der Waals surface area contributed by atoms with E-state index in [9.17, 15) is 9.18 Å². The minimum absolute atomic E-state index is 0.109. The summed E-state index contributed by atoms with van der Waals surface area (Å²) in [5, 5.41) is 3.77. The molecular weight excluding hydrogens is 531 g/mol. The van der Waals surface area contributed by atoms with Crippen molar-refractivity contribution in [3.63, 3.8) is 0 Å². The van der Waals surface area contributed by atoms with Crippen LogP contribution in [-0.2, 0) is 9.47 Å². The van der Waals surface area contributed by atoms with Crippen LogP contribution in [0.25, 0.3) is 10.9 Å². The summed E-state index contributed by atoms with van der Waals surface area (Å²) in [5.74, 6) is 1.09. The fourth-order valence-corrected chi connectivity index (χ4v) is 4.21. The molecule has 0 spiro atoms. The van der Waals surface area contributed by atoms with Gasteiger partial charge in [-0.25, -0.2) is 19.2 Å². The average molecular weight is 561 g/mol. The number of fused-ring (bicyclic) bond motifs is 1. The van der Waals surface area contributed by atoms with Crippen molar-refractivity contribution in [1.82, 2.24) is 14.9 Å². The third kappa shape index (κ3) is 7.04. The van der Waals surface area contributed by atoms with Gasteiger partial charge in [-0.1, -0.05) is 15.9 Å². The number of piperidine rings is 1. The van der Waals surface area contributed by atoms with Crippen molar-refractivity contribution < 1.29 is 23.4 Å². The maximum atomic E-state index is 14.2. The fraction of sp³-hybridized carbons (Fsp3) is 0.423. The second-order valence-electron chi connectivity index (χ2n) is 9.69. The Morgan fingerprint density at radius 1 is 1.17 bits per heavy atom. The van der Waals surface area contributed by atoms with Crippen LogP contribution in [0.2, 0.25) is 0 Å². The SMILES string of the molecule is CC(C)(C)OC(=O)N1CCC(COCOc2ccc3c(Nc4ccc(Br)cc4F)ncnc3c2)CC1. The summed E-state index contributed by atoms with van der Waals surface area (Å²) in [4.78, 5) is 22.5. The quantitative estimate of drug-likeness (QED) is 0.269. The summed E-state index contributed by atoms with van der Waals surface area (Å²) in [6.45, 7) is 7.60. The monoisotopic (exact) mass is 560 g/mol. The minimum atomic E-state index is -0.487. The van der Waals surface area contributed by atoms with E-state index in [2.05, 4.69) is 31.2 Å². The zero-order chi connectivity index (χ0) is 25.7.